The monoisotopic (exact) mass is 484 g/mol. The zero-order chi connectivity index (χ0) is 24.2. The standard InChI is InChI=1S/C26H29ClN2O5/c1-17-16-20(33-2)8-9-21(17)24(30)22-23(18-4-6-19(27)7-5-18)29(26(32)25(22)31)11-3-10-28-12-14-34-15-13-28/h4-9,16,23,30H,3,10-15H2,1-2H3/b24-22-. The van der Waals surface area contributed by atoms with Gasteiger partial charge < -0.3 is 19.5 Å². The topological polar surface area (TPSA) is 79.3 Å². The molecule has 2 fully saturated rings. The molecule has 0 bridgehead atoms. The number of likely N-dealkylation sites (tertiary alicyclic amines) is 1. The molecule has 0 aliphatic carbocycles. The Morgan fingerprint density at radius 1 is 1.12 bits per heavy atom. The van der Waals surface area contributed by atoms with Crippen molar-refractivity contribution in [1.82, 2.24) is 9.80 Å². The highest BCUT2D eigenvalue weighted by molar-refractivity contribution is 6.46. The minimum Gasteiger partial charge on any atom is -0.507 e. The van der Waals surface area contributed by atoms with Gasteiger partial charge in [0, 0.05) is 36.8 Å². The predicted molar refractivity (Wildman–Crippen MR) is 130 cm³/mol. The quantitative estimate of drug-likeness (QED) is 0.366. The fraction of sp³-hybridized carbons (Fsp3) is 0.385. The average Bonchev–Trinajstić information content (AvgIpc) is 3.09. The number of morpholine rings is 1. The Balaban J connectivity index is 1.69. The van der Waals surface area contributed by atoms with Gasteiger partial charge in [-0.25, -0.2) is 0 Å². The summed E-state index contributed by atoms with van der Waals surface area (Å²) in [5.41, 5.74) is 2.05. The van der Waals surface area contributed by atoms with E-state index < -0.39 is 17.7 Å². The maximum atomic E-state index is 13.2. The van der Waals surface area contributed by atoms with E-state index in [0.29, 0.717) is 42.5 Å². The van der Waals surface area contributed by atoms with Gasteiger partial charge in [-0.2, -0.15) is 0 Å². The molecule has 1 N–H and O–H groups in total. The van der Waals surface area contributed by atoms with E-state index in [1.165, 1.54) is 0 Å². The van der Waals surface area contributed by atoms with E-state index in [4.69, 9.17) is 21.1 Å². The molecule has 0 spiro atoms. The lowest BCUT2D eigenvalue weighted by Crippen LogP contribution is -2.38. The zero-order valence-corrected chi connectivity index (χ0v) is 20.2. The number of ether oxygens (including phenoxy) is 2. The maximum absolute atomic E-state index is 13.2. The van der Waals surface area contributed by atoms with Crippen molar-refractivity contribution in [3.05, 3.63) is 69.8 Å². The number of benzene rings is 2. The second-order valence-electron chi connectivity index (χ2n) is 8.53. The number of amides is 1. The minimum atomic E-state index is -0.691. The molecule has 34 heavy (non-hydrogen) atoms. The fourth-order valence-corrected chi connectivity index (χ4v) is 4.69. The number of carbonyl (C=O) groups excluding carboxylic acids is 2. The molecule has 2 aliphatic rings. The number of ketones is 1. The van der Waals surface area contributed by atoms with Crippen LogP contribution in [-0.2, 0) is 14.3 Å². The average molecular weight is 485 g/mol. The van der Waals surface area contributed by atoms with Crippen LogP contribution in [0.5, 0.6) is 5.75 Å². The summed E-state index contributed by atoms with van der Waals surface area (Å²) in [5.74, 6) is -0.824. The highest BCUT2D eigenvalue weighted by Gasteiger charge is 2.46. The lowest BCUT2D eigenvalue weighted by atomic mass is 9.94. The maximum Gasteiger partial charge on any atom is 0.295 e. The van der Waals surface area contributed by atoms with E-state index in [0.717, 1.165) is 30.8 Å². The van der Waals surface area contributed by atoms with Gasteiger partial charge in [0.05, 0.1) is 31.9 Å². The summed E-state index contributed by atoms with van der Waals surface area (Å²) >= 11 is 6.09. The predicted octanol–water partition coefficient (Wildman–Crippen LogP) is 3.80. The van der Waals surface area contributed by atoms with Crippen molar-refractivity contribution in [3.63, 3.8) is 0 Å². The molecule has 8 heteroatoms. The smallest absolute Gasteiger partial charge is 0.295 e. The third kappa shape index (κ3) is 4.97. The second-order valence-corrected chi connectivity index (χ2v) is 8.97. The molecular weight excluding hydrogens is 456 g/mol. The van der Waals surface area contributed by atoms with Gasteiger partial charge in [0.2, 0.25) is 0 Å². The van der Waals surface area contributed by atoms with Crippen LogP contribution in [0.25, 0.3) is 5.76 Å². The normalized spacial score (nSPS) is 20.7. The van der Waals surface area contributed by atoms with Crippen LogP contribution in [0.4, 0.5) is 0 Å². The first-order chi connectivity index (χ1) is 16.4. The Labute approximate surface area is 204 Å². The van der Waals surface area contributed by atoms with Crippen LogP contribution in [0.15, 0.2) is 48.0 Å². The molecular formula is C26H29ClN2O5. The van der Waals surface area contributed by atoms with Crippen LogP contribution in [0.2, 0.25) is 5.02 Å². The Morgan fingerprint density at radius 3 is 2.47 bits per heavy atom. The number of halogens is 1. The summed E-state index contributed by atoms with van der Waals surface area (Å²) in [5, 5.41) is 11.8. The van der Waals surface area contributed by atoms with Crippen LogP contribution in [-0.4, -0.2) is 73.1 Å². The van der Waals surface area contributed by atoms with Gasteiger partial charge in [-0.15, -0.1) is 0 Å². The molecule has 2 heterocycles. The molecule has 2 saturated heterocycles. The van der Waals surface area contributed by atoms with Crippen molar-refractivity contribution in [3.8, 4) is 5.75 Å². The molecule has 180 valence electrons. The molecule has 4 rings (SSSR count). The summed E-state index contributed by atoms with van der Waals surface area (Å²) < 4.78 is 10.7. The number of aryl methyl sites for hydroxylation is 1. The highest BCUT2D eigenvalue weighted by atomic mass is 35.5. The number of hydrogen-bond acceptors (Lipinski definition) is 6. The third-order valence-electron chi connectivity index (χ3n) is 6.39. The van der Waals surface area contributed by atoms with Crippen LogP contribution in [0, 0.1) is 6.92 Å². The van der Waals surface area contributed by atoms with Crippen molar-refractivity contribution in [2.75, 3.05) is 46.5 Å². The number of nitrogens with zero attached hydrogens (tertiary/aromatic N) is 2. The van der Waals surface area contributed by atoms with E-state index in [-0.39, 0.29) is 11.3 Å². The fourth-order valence-electron chi connectivity index (χ4n) is 4.57. The van der Waals surface area contributed by atoms with Gasteiger partial charge in [0.25, 0.3) is 11.7 Å². The number of carbonyl (C=O) groups is 2. The summed E-state index contributed by atoms with van der Waals surface area (Å²) in [6, 6.07) is 11.6. The van der Waals surface area contributed by atoms with E-state index in [9.17, 15) is 14.7 Å². The Morgan fingerprint density at radius 2 is 1.82 bits per heavy atom. The van der Waals surface area contributed by atoms with Gasteiger partial charge in [-0.3, -0.25) is 14.5 Å². The van der Waals surface area contributed by atoms with Gasteiger partial charge in [0.1, 0.15) is 11.5 Å². The molecule has 1 unspecified atom stereocenters. The van der Waals surface area contributed by atoms with Crippen molar-refractivity contribution < 1.29 is 24.2 Å². The van der Waals surface area contributed by atoms with Gasteiger partial charge in [-0.1, -0.05) is 23.7 Å². The van der Waals surface area contributed by atoms with Gasteiger partial charge in [-0.05, 0) is 54.8 Å². The van der Waals surface area contributed by atoms with E-state index in [2.05, 4.69) is 4.90 Å². The first-order valence-electron chi connectivity index (χ1n) is 11.4. The number of aliphatic hydroxyl groups excluding tert-OH is 1. The molecule has 2 aliphatic heterocycles. The molecule has 0 radical (unpaired) electrons. The molecule has 1 atom stereocenters. The molecule has 0 saturated carbocycles. The number of methoxy groups -OCH3 is 1. The molecule has 7 nitrogen and oxygen atoms in total. The molecule has 2 aromatic rings. The number of Topliss-reactive ketones (excluding diaryl/α,β-unsaturated/α-hetero) is 1. The number of aliphatic hydroxyl groups is 1. The summed E-state index contributed by atoms with van der Waals surface area (Å²) in [6.45, 7) is 6.15. The van der Waals surface area contributed by atoms with Crippen LogP contribution >= 0.6 is 11.6 Å². The first-order valence-corrected chi connectivity index (χ1v) is 11.8. The van der Waals surface area contributed by atoms with Crippen molar-refractivity contribution in [1.29, 1.82) is 0 Å². The van der Waals surface area contributed by atoms with Crippen molar-refractivity contribution in [2.45, 2.75) is 19.4 Å². The van der Waals surface area contributed by atoms with E-state index in [1.807, 2.05) is 6.92 Å². The number of rotatable bonds is 7. The van der Waals surface area contributed by atoms with E-state index in [1.54, 1.807) is 54.5 Å². The largest absolute Gasteiger partial charge is 0.507 e. The lowest BCUT2D eigenvalue weighted by molar-refractivity contribution is -0.140. The minimum absolute atomic E-state index is 0.0898. The summed E-state index contributed by atoms with van der Waals surface area (Å²) in [6.07, 6.45) is 0.707. The van der Waals surface area contributed by atoms with Crippen LogP contribution in [0.3, 0.4) is 0 Å². The van der Waals surface area contributed by atoms with Gasteiger partial charge in [0.15, 0.2) is 0 Å². The van der Waals surface area contributed by atoms with Crippen molar-refractivity contribution in [2.24, 2.45) is 0 Å². The van der Waals surface area contributed by atoms with Gasteiger partial charge >= 0.3 is 0 Å². The Hall–Kier alpha value is -2.87. The van der Waals surface area contributed by atoms with Crippen LogP contribution < -0.4 is 4.74 Å². The van der Waals surface area contributed by atoms with Crippen molar-refractivity contribution >= 4 is 29.1 Å². The third-order valence-corrected chi connectivity index (χ3v) is 6.64. The first kappa shape index (κ1) is 24.3. The zero-order valence-electron chi connectivity index (χ0n) is 19.4. The molecule has 1 amide bonds. The Kier molecular flexibility index (Phi) is 7.56. The SMILES string of the molecule is COc1ccc(/C(O)=C2/C(=O)C(=O)N(CCCN3CCOCC3)C2c2ccc(Cl)cc2)c(C)c1. The highest BCUT2D eigenvalue weighted by Crippen LogP contribution is 2.40. The Bertz CT molecular complexity index is 1090. The summed E-state index contributed by atoms with van der Waals surface area (Å²) in [7, 11) is 1.57. The number of hydrogen-bond donors (Lipinski definition) is 1. The molecule has 2 aromatic carbocycles. The molecule has 0 aromatic heterocycles. The lowest BCUT2D eigenvalue weighted by Gasteiger charge is -2.29. The van der Waals surface area contributed by atoms with E-state index >= 15 is 0 Å². The summed E-state index contributed by atoms with van der Waals surface area (Å²) in [4.78, 5) is 30.2. The second kappa shape index (κ2) is 10.6. The van der Waals surface area contributed by atoms with Crippen LogP contribution in [0.1, 0.15) is 29.2 Å².